The summed E-state index contributed by atoms with van der Waals surface area (Å²) >= 11 is 0. The smallest absolute Gasteiger partial charge is 0.332 e. The SMILES string of the molecule is [3H]CC([3H])Cn1c(=O)c2[nH]c(C3CCCC3)nc2n(CCCF)c1=O. The van der Waals surface area contributed by atoms with Crippen molar-refractivity contribution in [2.45, 2.75) is 64.4 Å². The van der Waals surface area contributed by atoms with Crippen LogP contribution in [0.2, 0.25) is 0 Å². The third-order valence-corrected chi connectivity index (χ3v) is 4.45. The third kappa shape index (κ3) is 2.84. The third-order valence-electron chi connectivity index (χ3n) is 4.45. The number of aryl methyl sites for hydroxylation is 1. The van der Waals surface area contributed by atoms with Crippen molar-refractivity contribution in [1.29, 1.82) is 0 Å². The highest BCUT2D eigenvalue weighted by Gasteiger charge is 2.23. The molecule has 23 heavy (non-hydrogen) atoms. The molecule has 2 aromatic rings. The first-order chi connectivity index (χ1) is 12.1. The Labute approximate surface area is 136 Å². The molecule has 6 nitrogen and oxygen atoms in total. The number of aromatic amines is 1. The molecule has 0 aliphatic heterocycles. The van der Waals surface area contributed by atoms with Gasteiger partial charge in [0.1, 0.15) is 11.3 Å². The Kier molecular flexibility index (Phi) is 3.92. The molecular formula is C16H23FN4O2. The Morgan fingerprint density at radius 2 is 2.13 bits per heavy atom. The van der Waals surface area contributed by atoms with Crippen LogP contribution in [0.4, 0.5) is 4.39 Å². The molecule has 1 N–H and O–H groups in total. The molecule has 126 valence electrons. The maximum absolute atomic E-state index is 12.7. The number of hydrogen-bond acceptors (Lipinski definition) is 3. The molecule has 0 radical (unpaired) electrons. The van der Waals surface area contributed by atoms with E-state index in [2.05, 4.69) is 9.97 Å². The zero-order valence-corrected chi connectivity index (χ0v) is 13.1. The zero-order valence-electron chi connectivity index (χ0n) is 15.1. The normalized spacial score (nSPS) is 18.3. The summed E-state index contributed by atoms with van der Waals surface area (Å²) in [5, 5.41) is 0. The van der Waals surface area contributed by atoms with E-state index in [1.165, 1.54) is 4.57 Å². The molecule has 1 saturated carbocycles. The second kappa shape index (κ2) is 6.68. The van der Waals surface area contributed by atoms with Gasteiger partial charge in [-0.25, -0.2) is 9.78 Å². The van der Waals surface area contributed by atoms with Gasteiger partial charge in [-0.15, -0.1) is 0 Å². The van der Waals surface area contributed by atoms with Crippen LogP contribution in [0.25, 0.3) is 11.2 Å². The van der Waals surface area contributed by atoms with Crippen LogP contribution in [-0.4, -0.2) is 25.8 Å². The van der Waals surface area contributed by atoms with E-state index in [0.29, 0.717) is 5.82 Å². The Balaban J connectivity index is 2.16. The minimum Gasteiger partial charge on any atom is -0.336 e. The van der Waals surface area contributed by atoms with Crippen molar-refractivity contribution in [3.8, 4) is 0 Å². The second-order valence-electron chi connectivity index (χ2n) is 5.98. The number of rotatable bonds is 6. The minimum absolute atomic E-state index is 0.130. The van der Waals surface area contributed by atoms with Crippen molar-refractivity contribution in [2.24, 2.45) is 0 Å². The van der Waals surface area contributed by atoms with E-state index in [1.54, 1.807) is 0 Å². The van der Waals surface area contributed by atoms with E-state index in [0.717, 1.165) is 30.3 Å². The Morgan fingerprint density at radius 1 is 1.35 bits per heavy atom. The quantitative estimate of drug-likeness (QED) is 0.885. The standard InChI is InChI=1S/C16H23FN4O2/c1-2-9-21-15(22)12-14(20(16(21)23)10-5-8-17)19-13(18-12)11-6-3-4-7-11/h11H,2-10H2,1H3,(H,18,19)/i1T,2T. The average molecular weight is 326 g/mol. The van der Waals surface area contributed by atoms with Crippen molar-refractivity contribution >= 4 is 11.2 Å². The van der Waals surface area contributed by atoms with Crippen LogP contribution < -0.4 is 11.2 Å². The van der Waals surface area contributed by atoms with Gasteiger partial charge in [0.15, 0.2) is 5.65 Å². The molecule has 1 unspecified atom stereocenters. The van der Waals surface area contributed by atoms with Gasteiger partial charge in [-0.2, -0.15) is 0 Å². The van der Waals surface area contributed by atoms with Gasteiger partial charge in [0.25, 0.3) is 5.56 Å². The molecular weight excluding hydrogens is 299 g/mol. The maximum Gasteiger partial charge on any atom is 0.332 e. The molecule has 1 aliphatic carbocycles. The van der Waals surface area contributed by atoms with Gasteiger partial charge < -0.3 is 4.98 Å². The Morgan fingerprint density at radius 3 is 2.83 bits per heavy atom. The monoisotopic (exact) mass is 326 g/mol. The molecule has 0 saturated heterocycles. The van der Waals surface area contributed by atoms with Crippen LogP contribution in [0, 0.1) is 0 Å². The van der Waals surface area contributed by atoms with Crippen molar-refractivity contribution in [3.63, 3.8) is 0 Å². The molecule has 0 aromatic carbocycles. The number of halogens is 1. The molecule has 1 atom stereocenters. The highest BCUT2D eigenvalue weighted by atomic mass is 19.1. The van der Waals surface area contributed by atoms with E-state index in [4.69, 9.17) is 2.74 Å². The lowest BCUT2D eigenvalue weighted by Gasteiger charge is -2.09. The number of nitrogens with one attached hydrogen (secondary N) is 1. The number of aromatic nitrogens is 4. The van der Waals surface area contributed by atoms with Crippen LogP contribution in [0.1, 0.15) is 59.9 Å². The molecule has 1 fully saturated rings. The lowest BCUT2D eigenvalue weighted by atomic mass is 10.1. The van der Waals surface area contributed by atoms with E-state index >= 15 is 0 Å². The number of nitrogens with zero attached hydrogens (tertiary/aromatic N) is 3. The maximum atomic E-state index is 12.7. The lowest BCUT2D eigenvalue weighted by Crippen LogP contribution is -2.40. The van der Waals surface area contributed by atoms with E-state index in [1.807, 2.05) is 0 Å². The molecule has 7 heteroatoms. The topological polar surface area (TPSA) is 72.7 Å². The first-order valence-corrected chi connectivity index (χ1v) is 8.07. The first-order valence-electron chi connectivity index (χ1n) is 9.36. The molecule has 3 rings (SSSR count). The number of hydrogen-bond donors (Lipinski definition) is 1. The highest BCUT2D eigenvalue weighted by Crippen LogP contribution is 2.32. The number of fused-ring (bicyclic) bond motifs is 1. The van der Waals surface area contributed by atoms with Gasteiger partial charge in [-0.05, 0) is 25.7 Å². The predicted octanol–water partition coefficient (Wildman–Crippen LogP) is 2.31. The van der Waals surface area contributed by atoms with E-state index < -0.39 is 24.3 Å². The van der Waals surface area contributed by atoms with E-state index in [-0.39, 0.29) is 43.5 Å². The van der Waals surface area contributed by atoms with Crippen LogP contribution in [0.5, 0.6) is 0 Å². The van der Waals surface area contributed by atoms with Crippen molar-refractivity contribution in [3.05, 3.63) is 26.7 Å². The average Bonchev–Trinajstić information content (AvgIpc) is 3.27. The minimum atomic E-state index is -0.866. The summed E-state index contributed by atoms with van der Waals surface area (Å²) in [4.78, 5) is 33.0. The van der Waals surface area contributed by atoms with Gasteiger partial charge in [-0.3, -0.25) is 18.3 Å². The zero-order chi connectivity index (χ0) is 18.0. The summed E-state index contributed by atoms with van der Waals surface area (Å²) in [6, 6.07) is 0. The van der Waals surface area contributed by atoms with Crippen LogP contribution in [0.15, 0.2) is 9.59 Å². The second-order valence-corrected chi connectivity index (χ2v) is 5.98. The van der Waals surface area contributed by atoms with Gasteiger partial charge in [0.05, 0.1) is 6.67 Å². The lowest BCUT2D eigenvalue weighted by molar-refractivity contribution is 0.438. The van der Waals surface area contributed by atoms with Gasteiger partial charge in [0.2, 0.25) is 0 Å². The van der Waals surface area contributed by atoms with Crippen molar-refractivity contribution in [2.75, 3.05) is 6.67 Å². The van der Waals surface area contributed by atoms with Crippen molar-refractivity contribution < 1.29 is 7.13 Å². The molecule has 1 aliphatic rings. The number of alkyl halides is 1. The number of imidazole rings is 1. The largest absolute Gasteiger partial charge is 0.336 e. The fourth-order valence-electron chi connectivity index (χ4n) is 3.29. The van der Waals surface area contributed by atoms with Crippen LogP contribution in [0.3, 0.4) is 0 Å². The van der Waals surface area contributed by atoms with E-state index in [9.17, 15) is 14.0 Å². The van der Waals surface area contributed by atoms with Gasteiger partial charge in [0, 0.05) is 21.7 Å². The fourth-order valence-corrected chi connectivity index (χ4v) is 3.29. The Hall–Kier alpha value is -1.92. The molecule has 0 amide bonds. The van der Waals surface area contributed by atoms with Gasteiger partial charge >= 0.3 is 5.69 Å². The summed E-state index contributed by atoms with van der Waals surface area (Å²) in [5.41, 5.74) is -0.591. The summed E-state index contributed by atoms with van der Waals surface area (Å²) in [7, 11) is 0. The Bertz CT molecular complexity index is 854. The molecule has 0 bridgehead atoms. The molecule has 0 spiro atoms. The predicted molar refractivity (Wildman–Crippen MR) is 86.7 cm³/mol. The summed E-state index contributed by atoms with van der Waals surface area (Å²) in [6.45, 7) is -0.791. The molecule has 2 heterocycles. The summed E-state index contributed by atoms with van der Waals surface area (Å²) in [5.74, 6) is 0.959. The van der Waals surface area contributed by atoms with Crippen molar-refractivity contribution in [1.82, 2.24) is 19.1 Å². The number of H-pyrrole nitrogens is 1. The van der Waals surface area contributed by atoms with Crippen LogP contribution in [-0.2, 0) is 13.1 Å². The van der Waals surface area contributed by atoms with Crippen LogP contribution >= 0.6 is 0 Å². The summed E-state index contributed by atoms with van der Waals surface area (Å²) < 4.78 is 29.9. The molecule has 2 aromatic heterocycles. The fraction of sp³-hybridized carbons (Fsp3) is 0.688. The van der Waals surface area contributed by atoms with Gasteiger partial charge in [-0.1, -0.05) is 19.7 Å². The summed E-state index contributed by atoms with van der Waals surface area (Å²) in [6.07, 6.45) is 3.51. The first kappa shape index (κ1) is 13.5. The highest BCUT2D eigenvalue weighted by molar-refractivity contribution is 5.70.